The first-order chi connectivity index (χ1) is 15.9. The molecule has 9 heteroatoms. The van der Waals surface area contributed by atoms with Crippen LogP contribution in [-0.4, -0.2) is 56.6 Å². The van der Waals surface area contributed by atoms with Crippen LogP contribution in [0.15, 0.2) is 42.5 Å². The van der Waals surface area contributed by atoms with Crippen molar-refractivity contribution in [1.82, 2.24) is 10.2 Å². The number of piperidine rings is 1. The van der Waals surface area contributed by atoms with E-state index in [1.54, 1.807) is 36.3 Å². The molecule has 0 atom stereocenters. The molecule has 0 spiro atoms. The van der Waals surface area contributed by atoms with Gasteiger partial charge in [-0.3, -0.25) is 9.59 Å². The smallest absolute Gasteiger partial charge is 0.321 e. The topological polar surface area (TPSA) is 109 Å². The number of nitrogens with zero attached hydrogens (tertiary/aromatic N) is 1. The second kappa shape index (κ2) is 11.2. The lowest BCUT2D eigenvalue weighted by atomic mass is 9.97. The van der Waals surface area contributed by atoms with Crippen LogP contribution < -0.4 is 25.4 Å². The first-order valence-electron chi connectivity index (χ1n) is 10.8. The van der Waals surface area contributed by atoms with E-state index in [9.17, 15) is 14.4 Å². The molecule has 4 amide bonds. The average Bonchev–Trinajstić information content (AvgIpc) is 2.83. The van der Waals surface area contributed by atoms with Crippen molar-refractivity contribution in [3.8, 4) is 11.5 Å². The molecule has 33 heavy (non-hydrogen) atoms. The molecule has 176 valence electrons. The van der Waals surface area contributed by atoms with Crippen LogP contribution in [0.25, 0.3) is 0 Å². The van der Waals surface area contributed by atoms with Crippen LogP contribution in [0, 0.1) is 12.8 Å². The van der Waals surface area contributed by atoms with Gasteiger partial charge in [0.15, 0.2) is 0 Å². The lowest BCUT2D eigenvalue weighted by Crippen LogP contribution is -2.44. The number of ether oxygens (including phenoxy) is 2. The van der Waals surface area contributed by atoms with Gasteiger partial charge in [0.1, 0.15) is 11.5 Å². The largest absolute Gasteiger partial charge is 0.495 e. The van der Waals surface area contributed by atoms with Crippen LogP contribution >= 0.6 is 0 Å². The Morgan fingerprint density at radius 3 is 2.27 bits per heavy atom. The van der Waals surface area contributed by atoms with Crippen molar-refractivity contribution in [2.75, 3.05) is 44.5 Å². The molecule has 1 fully saturated rings. The molecule has 0 aliphatic carbocycles. The van der Waals surface area contributed by atoms with E-state index in [-0.39, 0.29) is 11.9 Å². The number of hydrogen-bond acceptors (Lipinski definition) is 5. The lowest BCUT2D eigenvalue weighted by molar-refractivity contribution is -0.136. The predicted octanol–water partition coefficient (Wildman–Crippen LogP) is 3.01. The van der Waals surface area contributed by atoms with Crippen molar-refractivity contribution in [2.24, 2.45) is 5.92 Å². The van der Waals surface area contributed by atoms with E-state index < -0.39 is 11.8 Å². The first-order valence-corrected chi connectivity index (χ1v) is 10.8. The molecule has 1 aliphatic rings. The fraction of sp³-hybridized carbons (Fsp3) is 0.375. The monoisotopic (exact) mass is 454 g/mol. The van der Waals surface area contributed by atoms with Gasteiger partial charge in [-0.1, -0.05) is 18.2 Å². The highest BCUT2D eigenvalue weighted by Gasteiger charge is 2.25. The molecule has 3 rings (SSSR count). The van der Waals surface area contributed by atoms with E-state index in [0.717, 1.165) is 18.4 Å². The van der Waals surface area contributed by atoms with Crippen molar-refractivity contribution < 1.29 is 23.9 Å². The maximum Gasteiger partial charge on any atom is 0.321 e. The summed E-state index contributed by atoms with van der Waals surface area (Å²) in [5, 5.41) is 8.17. The molecule has 0 aromatic heterocycles. The molecule has 0 bridgehead atoms. The highest BCUT2D eigenvalue weighted by molar-refractivity contribution is 6.39. The minimum atomic E-state index is -0.743. The van der Waals surface area contributed by atoms with Crippen LogP contribution in [0.5, 0.6) is 11.5 Å². The number of carbonyl (C=O) groups is 3. The number of methoxy groups -OCH3 is 2. The number of amides is 4. The Balaban J connectivity index is 1.43. The molecule has 9 nitrogen and oxygen atoms in total. The number of hydrogen-bond donors (Lipinski definition) is 3. The minimum absolute atomic E-state index is 0.186. The number of aryl methyl sites for hydroxylation is 1. The maximum atomic E-state index is 12.6. The molecular weight excluding hydrogens is 424 g/mol. The summed E-state index contributed by atoms with van der Waals surface area (Å²) in [4.78, 5) is 38.9. The number of para-hydroxylation sites is 2. The third-order valence-corrected chi connectivity index (χ3v) is 5.61. The van der Waals surface area contributed by atoms with Gasteiger partial charge >= 0.3 is 17.8 Å². The van der Waals surface area contributed by atoms with Gasteiger partial charge in [-0.15, -0.1) is 0 Å². The number of rotatable bonds is 6. The third kappa shape index (κ3) is 6.38. The fourth-order valence-corrected chi connectivity index (χ4v) is 3.70. The van der Waals surface area contributed by atoms with Gasteiger partial charge in [0.05, 0.1) is 25.6 Å². The molecule has 0 radical (unpaired) electrons. The summed E-state index contributed by atoms with van der Waals surface area (Å²) < 4.78 is 10.5. The van der Waals surface area contributed by atoms with E-state index in [1.807, 2.05) is 25.1 Å². The Hall–Kier alpha value is -3.75. The van der Waals surface area contributed by atoms with E-state index >= 15 is 0 Å². The lowest BCUT2D eigenvalue weighted by Gasteiger charge is -2.32. The Morgan fingerprint density at radius 2 is 1.58 bits per heavy atom. The molecule has 1 heterocycles. The van der Waals surface area contributed by atoms with Gasteiger partial charge in [0, 0.05) is 19.6 Å². The van der Waals surface area contributed by atoms with Crippen molar-refractivity contribution in [2.45, 2.75) is 19.8 Å². The number of nitrogens with one attached hydrogen (secondary N) is 3. The summed E-state index contributed by atoms with van der Waals surface area (Å²) in [7, 11) is 3.06. The van der Waals surface area contributed by atoms with Crippen molar-refractivity contribution >= 4 is 29.2 Å². The van der Waals surface area contributed by atoms with Gasteiger partial charge in [-0.25, -0.2) is 4.79 Å². The van der Waals surface area contributed by atoms with Gasteiger partial charge in [-0.2, -0.15) is 0 Å². The Kier molecular flexibility index (Phi) is 8.12. The Bertz CT molecular complexity index is 1000. The minimum Gasteiger partial charge on any atom is -0.495 e. The quantitative estimate of drug-likeness (QED) is 0.582. The summed E-state index contributed by atoms with van der Waals surface area (Å²) in [6.07, 6.45) is 1.46. The predicted molar refractivity (Wildman–Crippen MR) is 126 cm³/mol. The van der Waals surface area contributed by atoms with Crippen molar-refractivity contribution in [1.29, 1.82) is 0 Å². The summed E-state index contributed by atoms with van der Waals surface area (Å²) in [5.74, 6) is -0.168. The first kappa shape index (κ1) is 23.9. The second-order valence-electron chi connectivity index (χ2n) is 7.93. The molecule has 0 saturated carbocycles. The van der Waals surface area contributed by atoms with Crippen molar-refractivity contribution in [3.63, 3.8) is 0 Å². The van der Waals surface area contributed by atoms with Gasteiger partial charge in [0.2, 0.25) is 0 Å². The molecule has 1 saturated heterocycles. The number of carbonyl (C=O) groups excluding carboxylic acids is 3. The summed E-state index contributed by atoms with van der Waals surface area (Å²) in [6, 6.07) is 12.4. The van der Waals surface area contributed by atoms with Crippen LogP contribution in [0.4, 0.5) is 16.2 Å². The summed E-state index contributed by atoms with van der Waals surface area (Å²) >= 11 is 0. The van der Waals surface area contributed by atoms with Crippen LogP contribution in [0.3, 0.4) is 0 Å². The standard InChI is InChI=1S/C24H30N4O5/c1-16-8-9-21(33-3)19(14-16)26-23(30)22(29)25-15-17-10-12-28(13-11-17)24(31)27-18-6-4-5-7-20(18)32-2/h4-9,14,17H,10-13,15H2,1-3H3,(H,25,29)(H,26,30)(H,27,31). The van der Waals surface area contributed by atoms with E-state index in [0.29, 0.717) is 42.5 Å². The number of likely N-dealkylation sites (tertiary alicyclic amines) is 1. The highest BCUT2D eigenvalue weighted by atomic mass is 16.5. The normalized spacial score (nSPS) is 13.7. The number of urea groups is 1. The van der Waals surface area contributed by atoms with E-state index in [1.165, 1.54) is 7.11 Å². The molecule has 3 N–H and O–H groups in total. The Morgan fingerprint density at radius 1 is 0.909 bits per heavy atom. The van der Waals surface area contributed by atoms with Crippen LogP contribution in [0.2, 0.25) is 0 Å². The van der Waals surface area contributed by atoms with Gasteiger partial charge < -0.3 is 30.3 Å². The summed E-state index contributed by atoms with van der Waals surface area (Å²) in [6.45, 7) is 3.39. The second-order valence-corrected chi connectivity index (χ2v) is 7.93. The fourth-order valence-electron chi connectivity index (χ4n) is 3.70. The Labute approximate surface area is 193 Å². The van der Waals surface area contributed by atoms with Gasteiger partial charge in [-0.05, 0) is 55.5 Å². The molecule has 2 aromatic rings. The zero-order chi connectivity index (χ0) is 23.8. The summed E-state index contributed by atoms with van der Waals surface area (Å²) in [5.41, 5.74) is 2.01. The molecular formula is C24H30N4O5. The van der Waals surface area contributed by atoms with Crippen LogP contribution in [0.1, 0.15) is 18.4 Å². The highest BCUT2D eigenvalue weighted by Crippen LogP contribution is 2.26. The number of benzene rings is 2. The van der Waals surface area contributed by atoms with E-state index in [4.69, 9.17) is 9.47 Å². The molecule has 1 aliphatic heterocycles. The molecule has 2 aromatic carbocycles. The zero-order valence-corrected chi connectivity index (χ0v) is 19.1. The zero-order valence-electron chi connectivity index (χ0n) is 19.1. The maximum absolute atomic E-state index is 12.6. The van der Waals surface area contributed by atoms with E-state index in [2.05, 4.69) is 16.0 Å². The van der Waals surface area contributed by atoms with Crippen LogP contribution in [-0.2, 0) is 9.59 Å². The average molecular weight is 455 g/mol. The SMILES string of the molecule is COc1ccc(C)cc1NC(=O)C(=O)NCC1CCN(C(=O)Nc2ccccc2OC)CC1. The van der Waals surface area contributed by atoms with Gasteiger partial charge in [0.25, 0.3) is 0 Å². The molecule has 0 unspecified atom stereocenters. The number of anilines is 2. The van der Waals surface area contributed by atoms with Crippen molar-refractivity contribution in [3.05, 3.63) is 48.0 Å². The third-order valence-electron chi connectivity index (χ3n) is 5.61.